The van der Waals surface area contributed by atoms with E-state index in [2.05, 4.69) is 0 Å². The maximum absolute atomic E-state index is 12.5. The van der Waals surface area contributed by atoms with Crippen molar-refractivity contribution in [3.8, 4) is 5.75 Å². The smallest absolute Gasteiger partial charge is 0.331 e. The number of phenolic OH excluding ortho intramolecular Hbond substituents is 1. The Hall–Kier alpha value is -2.59. The van der Waals surface area contributed by atoms with Crippen LogP contribution >= 0.6 is 0 Å². The lowest BCUT2D eigenvalue weighted by molar-refractivity contribution is -0.348. The summed E-state index contributed by atoms with van der Waals surface area (Å²) in [6, 6.07) is 5.98. The monoisotopic (exact) mass is 526 g/mol. The highest BCUT2D eigenvalue weighted by atomic mass is 16.8. The Morgan fingerprint density at radius 3 is 2.38 bits per heavy atom. The van der Waals surface area contributed by atoms with E-state index in [1.54, 1.807) is 12.1 Å². The molecule has 11 atom stereocenters. The van der Waals surface area contributed by atoms with E-state index in [1.807, 2.05) is 0 Å². The molecule has 0 radical (unpaired) electrons. The minimum atomic E-state index is -2.28. The van der Waals surface area contributed by atoms with Crippen LogP contribution in [-0.4, -0.2) is 115 Å². The maximum Gasteiger partial charge on any atom is 0.331 e. The molecule has 1 aromatic carbocycles. The lowest BCUT2D eigenvalue weighted by Gasteiger charge is -2.43. The van der Waals surface area contributed by atoms with Gasteiger partial charge < -0.3 is 59.8 Å². The van der Waals surface area contributed by atoms with Crippen LogP contribution in [0.5, 0.6) is 5.75 Å². The van der Waals surface area contributed by atoms with Gasteiger partial charge in [0.15, 0.2) is 6.29 Å². The zero-order chi connectivity index (χ0) is 26.9. The summed E-state index contributed by atoms with van der Waals surface area (Å²) in [5, 5.41) is 81.1. The van der Waals surface area contributed by atoms with E-state index >= 15 is 0 Å². The molecule has 0 unspecified atom stereocenters. The van der Waals surface area contributed by atoms with Crippen molar-refractivity contribution >= 4 is 12.0 Å². The lowest BCUT2D eigenvalue weighted by atomic mass is 9.83. The second kappa shape index (κ2) is 11.0. The molecular weight excluding hydrogens is 496 g/mol. The van der Waals surface area contributed by atoms with Crippen LogP contribution in [0.1, 0.15) is 5.56 Å². The average Bonchev–Trinajstić information content (AvgIpc) is 3.11. The Labute approximate surface area is 211 Å². The van der Waals surface area contributed by atoms with E-state index in [0.717, 1.165) is 6.08 Å². The molecule has 2 heterocycles. The topological polar surface area (TPSA) is 216 Å². The van der Waals surface area contributed by atoms with Gasteiger partial charge in [-0.3, -0.25) is 0 Å². The standard InChI is InChI=1S/C24H30O13/c25-9-14-17(29)18(30)19(31)23(35-14)37-22-16-13(7-8-34-22)20(21(32)24(16,33)10-26)36-15(28)6-3-11-1-4-12(27)5-2-11/h1-8,13-14,16-23,25-27,29-33H,9-10H2/b6-3+/t13-,14+,16+,17+,18-,19+,20-,21+,22-,23-,24+/m0/s1. The van der Waals surface area contributed by atoms with E-state index < -0.39 is 85.8 Å². The van der Waals surface area contributed by atoms with Crippen molar-refractivity contribution in [2.75, 3.05) is 13.2 Å². The number of fused-ring (bicyclic) bond motifs is 1. The Kier molecular flexibility index (Phi) is 8.18. The van der Waals surface area contributed by atoms with Crippen molar-refractivity contribution in [3.63, 3.8) is 0 Å². The molecule has 8 N–H and O–H groups in total. The molecule has 3 aliphatic rings. The number of aliphatic hydroxyl groups is 7. The number of rotatable bonds is 7. The van der Waals surface area contributed by atoms with Crippen molar-refractivity contribution in [2.45, 2.75) is 54.8 Å². The molecule has 0 bridgehead atoms. The largest absolute Gasteiger partial charge is 0.508 e. The highest BCUT2D eigenvalue weighted by Crippen LogP contribution is 2.48. The van der Waals surface area contributed by atoms with Gasteiger partial charge >= 0.3 is 5.97 Å². The van der Waals surface area contributed by atoms with Crippen LogP contribution in [0, 0.1) is 11.8 Å². The molecule has 0 amide bonds. The fourth-order valence-corrected chi connectivity index (χ4v) is 4.87. The third kappa shape index (κ3) is 5.23. The Morgan fingerprint density at radius 2 is 1.73 bits per heavy atom. The second-order valence-corrected chi connectivity index (χ2v) is 9.19. The third-order valence-electron chi connectivity index (χ3n) is 6.93. The number of benzene rings is 1. The number of hydrogen-bond acceptors (Lipinski definition) is 13. The second-order valence-electron chi connectivity index (χ2n) is 9.19. The third-order valence-corrected chi connectivity index (χ3v) is 6.93. The number of carbonyl (C=O) groups is 1. The van der Waals surface area contributed by atoms with Gasteiger partial charge in [0.1, 0.15) is 48.0 Å². The number of hydrogen-bond donors (Lipinski definition) is 8. The van der Waals surface area contributed by atoms with E-state index in [4.69, 9.17) is 18.9 Å². The first-order valence-corrected chi connectivity index (χ1v) is 11.6. The van der Waals surface area contributed by atoms with Gasteiger partial charge in [-0.1, -0.05) is 12.1 Å². The highest BCUT2D eigenvalue weighted by Gasteiger charge is 2.65. The maximum atomic E-state index is 12.5. The first-order valence-electron chi connectivity index (χ1n) is 11.6. The summed E-state index contributed by atoms with van der Waals surface area (Å²) < 4.78 is 21.8. The van der Waals surface area contributed by atoms with Gasteiger partial charge in [0, 0.05) is 12.0 Å². The summed E-state index contributed by atoms with van der Waals surface area (Å²) >= 11 is 0. The summed E-state index contributed by atoms with van der Waals surface area (Å²) in [7, 11) is 0. The molecule has 0 spiro atoms. The first-order chi connectivity index (χ1) is 17.6. The molecule has 13 nitrogen and oxygen atoms in total. The molecule has 2 fully saturated rings. The van der Waals surface area contributed by atoms with Crippen LogP contribution in [-0.2, 0) is 23.7 Å². The predicted molar refractivity (Wildman–Crippen MR) is 121 cm³/mol. The molecule has 2 aliphatic heterocycles. The molecule has 1 saturated carbocycles. The van der Waals surface area contributed by atoms with Crippen molar-refractivity contribution in [2.24, 2.45) is 11.8 Å². The van der Waals surface area contributed by atoms with Crippen molar-refractivity contribution in [1.82, 2.24) is 0 Å². The average molecular weight is 526 g/mol. The summed E-state index contributed by atoms with van der Waals surface area (Å²) in [6.07, 6.45) is -7.50. The lowest BCUT2D eigenvalue weighted by Crippen LogP contribution is -2.61. The normalized spacial score (nSPS) is 41.4. The van der Waals surface area contributed by atoms with Crippen LogP contribution < -0.4 is 0 Å². The molecule has 13 heteroatoms. The Morgan fingerprint density at radius 1 is 1.03 bits per heavy atom. The fourth-order valence-electron chi connectivity index (χ4n) is 4.87. The number of phenols is 1. The molecule has 1 aromatic rings. The summed E-state index contributed by atoms with van der Waals surface area (Å²) in [5.41, 5.74) is -1.69. The number of carbonyl (C=O) groups excluding carboxylic acids is 1. The molecule has 4 rings (SSSR count). The van der Waals surface area contributed by atoms with Crippen LogP contribution in [0.25, 0.3) is 6.08 Å². The van der Waals surface area contributed by atoms with Gasteiger partial charge in [0.05, 0.1) is 25.4 Å². The minimum absolute atomic E-state index is 0.0509. The highest BCUT2D eigenvalue weighted by molar-refractivity contribution is 5.87. The summed E-state index contributed by atoms with van der Waals surface area (Å²) in [5.74, 6) is -2.95. The quantitative estimate of drug-likeness (QED) is 0.135. The van der Waals surface area contributed by atoms with E-state index in [0.29, 0.717) is 5.56 Å². The van der Waals surface area contributed by atoms with Crippen molar-refractivity contribution in [1.29, 1.82) is 0 Å². The predicted octanol–water partition coefficient (Wildman–Crippen LogP) is -2.67. The van der Waals surface area contributed by atoms with Crippen LogP contribution in [0.3, 0.4) is 0 Å². The van der Waals surface area contributed by atoms with E-state index in [-0.39, 0.29) is 5.75 Å². The fraction of sp³-hybridized carbons (Fsp3) is 0.542. The van der Waals surface area contributed by atoms with E-state index in [1.165, 1.54) is 30.5 Å². The number of aliphatic hydroxyl groups excluding tert-OH is 6. The molecule has 0 aromatic heterocycles. The van der Waals surface area contributed by atoms with Crippen LogP contribution in [0.2, 0.25) is 0 Å². The van der Waals surface area contributed by atoms with Gasteiger partial charge in [0.2, 0.25) is 6.29 Å². The minimum Gasteiger partial charge on any atom is -0.508 e. The number of ether oxygens (including phenoxy) is 4. The molecule has 37 heavy (non-hydrogen) atoms. The van der Waals surface area contributed by atoms with Gasteiger partial charge in [-0.15, -0.1) is 0 Å². The van der Waals surface area contributed by atoms with Crippen molar-refractivity contribution in [3.05, 3.63) is 48.2 Å². The first kappa shape index (κ1) is 27.4. The molecular formula is C24H30O13. The zero-order valence-electron chi connectivity index (χ0n) is 19.4. The number of aromatic hydroxyl groups is 1. The summed E-state index contributed by atoms with van der Waals surface area (Å²) in [6.45, 7) is -1.67. The number of esters is 1. The van der Waals surface area contributed by atoms with Gasteiger partial charge in [-0.25, -0.2) is 4.79 Å². The molecule has 204 valence electrons. The zero-order valence-corrected chi connectivity index (χ0v) is 19.4. The van der Waals surface area contributed by atoms with Crippen molar-refractivity contribution < 1.29 is 64.6 Å². The van der Waals surface area contributed by atoms with Crippen LogP contribution in [0.15, 0.2) is 42.7 Å². The van der Waals surface area contributed by atoms with E-state index in [9.17, 15) is 45.6 Å². The SMILES string of the molecule is O=C(/C=C/c1ccc(O)cc1)O[C@H]1[C@H]2C=CO[C@@H](O[C@@H]3O[C@H](CO)[C@@H](O)[C@H](O)[C@H]3O)[C@@H]2[C@](O)(CO)[C@@H]1O. The molecule has 1 aliphatic carbocycles. The molecule has 1 saturated heterocycles. The Balaban J connectivity index is 1.51. The Bertz CT molecular complexity index is 995. The van der Waals surface area contributed by atoms with Gasteiger partial charge in [0.25, 0.3) is 0 Å². The van der Waals surface area contributed by atoms with Gasteiger partial charge in [-0.05, 0) is 29.8 Å². The van der Waals surface area contributed by atoms with Gasteiger partial charge in [-0.2, -0.15) is 0 Å². The van der Waals surface area contributed by atoms with Crippen LogP contribution in [0.4, 0.5) is 0 Å². The summed E-state index contributed by atoms with van der Waals surface area (Å²) in [4.78, 5) is 12.5.